The van der Waals surface area contributed by atoms with Crippen molar-refractivity contribution < 1.29 is 0 Å². The molecule has 0 unspecified atom stereocenters. The van der Waals surface area contributed by atoms with Gasteiger partial charge >= 0.3 is 0 Å². The van der Waals surface area contributed by atoms with Crippen molar-refractivity contribution in [3.8, 4) is 33.4 Å². The van der Waals surface area contributed by atoms with Crippen LogP contribution in [0.25, 0.3) is 73.7 Å². The Bertz CT molecular complexity index is 3430. The lowest BCUT2D eigenvalue weighted by atomic mass is 9.70. The number of para-hydroxylation sites is 1. The highest BCUT2D eigenvalue weighted by Crippen LogP contribution is 2.63. The van der Waals surface area contributed by atoms with Gasteiger partial charge in [-0.1, -0.05) is 152 Å². The van der Waals surface area contributed by atoms with E-state index in [2.05, 4.69) is 205 Å². The van der Waals surface area contributed by atoms with Crippen LogP contribution in [0.1, 0.15) is 22.3 Å². The van der Waals surface area contributed by atoms with Gasteiger partial charge in [-0.2, -0.15) is 0 Å². The summed E-state index contributed by atoms with van der Waals surface area (Å²) in [4.78, 5) is 2.52. The normalized spacial score (nSPS) is 13.3. The zero-order valence-corrected chi connectivity index (χ0v) is 32.9. The Morgan fingerprint density at radius 2 is 0.793 bits per heavy atom. The van der Waals surface area contributed by atoms with E-state index >= 15 is 0 Å². The maximum atomic E-state index is 2.52. The Balaban J connectivity index is 1.11. The smallest absolute Gasteiger partial charge is 0.0726 e. The number of nitrogens with zero attached hydrogens (tertiary/aromatic N) is 1. The van der Waals surface area contributed by atoms with Gasteiger partial charge in [0.1, 0.15) is 0 Å². The number of thiophene rings is 2. The Morgan fingerprint density at radius 1 is 0.310 bits per heavy atom. The average molecular weight is 772 g/mol. The molecule has 0 aliphatic heterocycles. The molecule has 11 aromatic rings. The molecule has 13 rings (SSSR count). The minimum atomic E-state index is -0.434. The van der Waals surface area contributed by atoms with Crippen LogP contribution >= 0.6 is 22.7 Å². The van der Waals surface area contributed by atoms with Crippen molar-refractivity contribution in [3.63, 3.8) is 0 Å². The molecule has 0 amide bonds. The van der Waals surface area contributed by atoms with E-state index in [1.807, 2.05) is 22.7 Å². The van der Waals surface area contributed by atoms with Crippen molar-refractivity contribution in [2.24, 2.45) is 0 Å². The van der Waals surface area contributed by atoms with Gasteiger partial charge in [0.05, 0.1) is 11.1 Å². The van der Waals surface area contributed by atoms with E-state index in [0.717, 1.165) is 17.1 Å². The van der Waals surface area contributed by atoms with Crippen molar-refractivity contribution in [1.29, 1.82) is 0 Å². The minimum Gasteiger partial charge on any atom is -0.310 e. The fraction of sp³-hybridized carbons (Fsp3) is 0.0182. The Morgan fingerprint density at radius 3 is 1.52 bits per heavy atom. The maximum absolute atomic E-state index is 2.52. The molecule has 2 heterocycles. The number of fused-ring (bicyclic) bond motifs is 16. The van der Waals surface area contributed by atoms with Crippen LogP contribution in [0.2, 0.25) is 0 Å². The van der Waals surface area contributed by atoms with Crippen molar-refractivity contribution in [2.75, 3.05) is 4.90 Å². The summed E-state index contributed by atoms with van der Waals surface area (Å²) in [5.41, 5.74) is 16.1. The Hall–Kier alpha value is -6.78. The summed E-state index contributed by atoms with van der Waals surface area (Å²) in [6.45, 7) is 0. The third-order valence-electron chi connectivity index (χ3n) is 12.7. The molecule has 0 saturated carbocycles. The first-order valence-electron chi connectivity index (χ1n) is 19.9. The molecule has 3 heteroatoms. The summed E-state index contributed by atoms with van der Waals surface area (Å²) in [6, 6.07) is 75.1. The molecule has 1 nitrogen and oxygen atoms in total. The molecule has 9 aromatic carbocycles. The minimum absolute atomic E-state index is 0.434. The summed E-state index contributed by atoms with van der Waals surface area (Å²) in [5, 5.41) is 5.24. The van der Waals surface area contributed by atoms with E-state index in [-0.39, 0.29) is 0 Å². The Labute approximate surface area is 344 Å². The lowest BCUT2D eigenvalue weighted by molar-refractivity contribution is 0.793. The molecule has 0 radical (unpaired) electrons. The van der Waals surface area contributed by atoms with Gasteiger partial charge in [0.15, 0.2) is 0 Å². The van der Waals surface area contributed by atoms with Crippen LogP contribution in [-0.4, -0.2) is 0 Å². The molecule has 2 aliphatic rings. The highest BCUT2D eigenvalue weighted by atomic mass is 32.1. The van der Waals surface area contributed by atoms with Crippen LogP contribution in [0.5, 0.6) is 0 Å². The third-order valence-corrected chi connectivity index (χ3v) is 15.0. The second-order valence-corrected chi connectivity index (χ2v) is 17.7. The molecule has 2 aromatic heterocycles. The van der Waals surface area contributed by atoms with Gasteiger partial charge in [0.2, 0.25) is 0 Å². The monoisotopic (exact) mass is 771 g/mol. The lowest BCUT2D eigenvalue weighted by Gasteiger charge is -2.32. The topological polar surface area (TPSA) is 3.24 Å². The summed E-state index contributed by atoms with van der Waals surface area (Å²) < 4.78 is 5.22. The molecule has 2 aliphatic carbocycles. The maximum Gasteiger partial charge on any atom is 0.0726 e. The van der Waals surface area contributed by atoms with Crippen molar-refractivity contribution in [2.45, 2.75) is 5.41 Å². The molecule has 0 fully saturated rings. The SMILES string of the molecule is c1ccc(N(c2ccc3c(c2)C2(c4ccccc4-c4ccccc42)c2ccccc2-3)c2ccc3c(c2)sc2ccccc23)c(-c2cccc3sc4ccccc4c23)c1. The summed E-state index contributed by atoms with van der Waals surface area (Å²) in [6.07, 6.45) is 0. The summed E-state index contributed by atoms with van der Waals surface area (Å²) in [5.74, 6) is 0. The molecule has 0 bridgehead atoms. The van der Waals surface area contributed by atoms with Crippen LogP contribution in [0.3, 0.4) is 0 Å². The standard InChI is InChI=1S/C55H33NS2/c1-7-21-45-36(14-1)37-15-2-8-22-46(37)55(45)47-23-9-3-16-38(47)39-30-28-34(32-48(39)55)56(35-29-31-42-41-18-5-11-25-50(41)58-53(42)33-35)49-24-10-4-17-40(49)43-20-13-27-52-54(43)44-19-6-12-26-51(44)57-52/h1-33H. The number of anilines is 3. The van der Waals surface area contributed by atoms with Crippen LogP contribution in [0.15, 0.2) is 200 Å². The molecular formula is C55H33NS2. The van der Waals surface area contributed by atoms with Gasteiger partial charge in [-0.25, -0.2) is 0 Å². The zero-order chi connectivity index (χ0) is 38.0. The van der Waals surface area contributed by atoms with Crippen LogP contribution < -0.4 is 4.90 Å². The van der Waals surface area contributed by atoms with Crippen LogP contribution in [0.4, 0.5) is 17.1 Å². The number of rotatable bonds is 4. The summed E-state index contributed by atoms with van der Waals surface area (Å²) in [7, 11) is 0. The van der Waals surface area contributed by atoms with Gasteiger partial charge < -0.3 is 4.90 Å². The van der Waals surface area contributed by atoms with Crippen molar-refractivity contribution in [1.82, 2.24) is 0 Å². The van der Waals surface area contributed by atoms with Gasteiger partial charge in [0.25, 0.3) is 0 Å². The van der Waals surface area contributed by atoms with E-state index in [9.17, 15) is 0 Å². The molecule has 0 N–H and O–H groups in total. The molecule has 270 valence electrons. The fourth-order valence-electron chi connectivity index (χ4n) is 10.4. The first kappa shape index (κ1) is 32.3. The average Bonchev–Trinajstić information content (AvgIpc) is 4.02. The largest absolute Gasteiger partial charge is 0.310 e. The highest BCUT2D eigenvalue weighted by Gasteiger charge is 2.51. The van der Waals surface area contributed by atoms with Gasteiger partial charge in [-0.3, -0.25) is 0 Å². The zero-order valence-electron chi connectivity index (χ0n) is 31.3. The lowest BCUT2D eigenvalue weighted by Crippen LogP contribution is -2.26. The fourth-order valence-corrected chi connectivity index (χ4v) is 12.7. The van der Waals surface area contributed by atoms with Crippen LogP contribution in [-0.2, 0) is 5.41 Å². The number of benzene rings is 9. The van der Waals surface area contributed by atoms with Crippen molar-refractivity contribution >= 4 is 80.1 Å². The quantitative estimate of drug-likeness (QED) is 0.172. The van der Waals surface area contributed by atoms with E-state index in [1.54, 1.807) is 0 Å². The van der Waals surface area contributed by atoms with E-state index in [4.69, 9.17) is 0 Å². The number of hydrogen-bond acceptors (Lipinski definition) is 3. The third kappa shape index (κ3) is 4.30. The summed E-state index contributed by atoms with van der Waals surface area (Å²) >= 11 is 3.75. The van der Waals surface area contributed by atoms with Crippen molar-refractivity contribution in [3.05, 3.63) is 222 Å². The van der Waals surface area contributed by atoms with Gasteiger partial charge in [-0.15, -0.1) is 22.7 Å². The first-order valence-corrected chi connectivity index (χ1v) is 21.6. The van der Waals surface area contributed by atoms with E-state index in [1.165, 1.54) is 96.0 Å². The number of hydrogen-bond donors (Lipinski definition) is 0. The first-order chi connectivity index (χ1) is 28.8. The molecule has 1 spiro atoms. The molecule has 0 atom stereocenters. The molecule has 0 saturated heterocycles. The van der Waals surface area contributed by atoms with E-state index in [0.29, 0.717) is 0 Å². The Kier molecular flexibility index (Phi) is 6.75. The van der Waals surface area contributed by atoms with Gasteiger partial charge in [-0.05, 0) is 98.6 Å². The predicted molar refractivity (Wildman–Crippen MR) is 249 cm³/mol. The molecule has 58 heavy (non-hydrogen) atoms. The van der Waals surface area contributed by atoms with Crippen LogP contribution in [0, 0.1) is 0 Å². The van der Waals surface area contributed by atoms with E-state index < -0.39 is 5.41 Å². The molecular weight excluding hydrogens is 739 g/mol. The second kappa shape index (κ2) is 12.1. The second-order valence-electron chi connectivity index (χ2n) is 15.5. The van der Waals surface area contributed by atoms with Gasteiger partial charge in [0, 0.05) is 57.3 Å². The predicted octanol–water partition coefficient (Wildman–Crippen LogP) is 15.9. The highest BCUT2D eigenvalue weighted by molar-refractivity contribution is 7.26.